The van der Waals surface area contributed by atoms with Crippen LogP contribution in [0.15, 0.2) is 21.2 Å². The van der Waals surface area contributed by atoms with Gasteiger partial charge in [-0.25, -0.2) is 12.7 Å². The molecule has 2 aromatic rings. The third kappa shape index (κ3) is 2.77. The first-order valence-corrected chi connectivity index (χ1v) is 9.14. The number of thiophene rings is 1. The Hall–Kier alpha value is -1.25. The molecule has 1 aliphatic rings. The molecule has 2 aromatic heterocycles. The normalized spacial score (nSPS) is 21.1. The molecule has 1 fully saturated rings. The Labute approximate surface area is 121 Å². The van der Waals surface area contributed by atoms with Crippen LogP contribution in [0.25, 0.3) is 11.5 Å². The average molecular weight is 313 g/mol. The van der Waals surface area contributed by atoms with Crippen molar-refractivity contribution in [2.24, 2.45) is 0 Å². The standard InChI is InChI=1S/C12H15N3O3S2/c1-20(16,17)15-5-2-3-9(7-15)11-13-14-12(18-11)10-4-6-19-8-10/h4,6,8-9H,2-3,5,7H2,1H3. The van der Waals surface area contributed by atoms with Crippen molar-refractivity contribution in [3.63, 3.8) is 0 Å². The van der Waals surface area contributed by atoms with Crippen LogP contribution in [0.1, 0.15) is 24.7 Å². The molecule has 1 atom stereocenters. The Balaban J connectivity index is 1.79. The maximum absolute atomic E-state index is 11.6. The Morgan fingerprint density at radius 2 is 2.30 bits per heavy atom. The largest absolute Gasteiger partial charge is 0.420 e. The van der Waals surface area contributed by atoms with Crippen LogP contribution in [-0.2, 0) is 10.0 Å². The smallest absolute Gasteiger partial charge is 0.248 e. The van der Waals surface area contributed by atoms with Gasteiger partial charge in [-0.2, -0.15) is 11.3 Å². The second-order valence-electron chi connectivity index (χ2n) is 4.92. The van der Waals surface area contributed by atoms with Crippen molar-refractivity contribution in [3.05, 3.63) is 22.7 Å². The molecule has 0 saturated carbocycles. The molecule has 0 radical (unpaired) electrons. The van der Waals surface area contributed by atoms with Gasteiger partial charge in [0.15, 0.2) is 0 Å². The Bertz CT molecular complexity index is 679. The molecule has 1 aliphatic heterocycles. The van der Waals surface area contributed by atoms with Crippen LogP contribution >= 0.6 is 11.3 Å². The zero-order valence-electron chi connectivity index (χ0n) is 11.0. The summed E-state index contributed by atoms with van der Waals surface area (Å²) < 4.78 is 30.4. The monoisotopic (exact) mass is 313 g/mol. The molecule has 1 saturated heterocycles. The SMILES string of the molecule is CS(=O)(=O)N1CCCC(c2nnc(-c3ccsc3)o2)C1. The predicted octanol–water partition coefficient (Wildman–Crippen LogP) is 1.94. The summed E-state index contributed by atoms with van der Waals surface area (Å²) in [6.07, 6.45) is 2.92. The van der Waals surface area contributed by atoms with Gasteiger partial charge in [-0.1, -0.05) is 0 Å². The van der Waals surface area contributed by atoms with E-state index in [2.05, 4.69) is 10.2 Å². The van der Waals surface area contributed by atoms with E-state index >= 15 is 0 Å². The molecule has 108 valence electrons. The van der Waals surface area contributed by atoms with Gasteiger partial charge in [-0.05, 0) is 24.3 Å². The number of rotatable bonds is 3. The fourth-order valence-electron chi connectivity index (χ4n) is 2.35. The van der Waals surface area contributed by atoms with E-state index in [1.165, 1.54) is 10.6 Å². The molecule has 3 rings (SSSR count). The number of hydrogen-bond acceptors (Lipinski definition) is 6. The van der Waals surface area contributed by atoms with E-state index in [0.29, 0.717) is 24.9 Å². The molecule has 20 heavy (non-hydrogen) atoms. The van der Waals surface area contributed by atoms with Crippen LogP contribution < -0.4 is 0 Å². The topological polar surface area (TPSA) is 76.3 Å². The fraction of sp³-hybridized carbons (Fsp3) is 0.500. The van der Waals surface area contributed by atoms with Gasteiger partial charge in [0.2, 0.25) is 21.8 Å². The van der Waals surface area contributed by atoms with E-state index in [0.717, 1.165) is 18.4 Å². The van der Waals surface area contributed by atoms with Gasteiger partial charge < -0.3 is 4.42 Å². The zero-order chi connectivity index (χ0) is 14.2. The maximum atomic E-state index is 11.6. The van der Waals surface area contributed by atoms with E-state index in [4.69, 9.17) is 4.42 Å². The van der Waals surface area contributed by atoms with Crippen molar-refractivity contribution in [2.45, 2.75) is 18.8 Å². The van der Waals surface area contributed by atoms with Gasteiger partial charge in [0.05, 0.1) is 12.2 Å². The molecule has 0 bridgehead atoms. The molecule has 0 aromatic carbocycles. The summed E-state index contributed by atoms with van der Waals surface area (Å²) in [5.41, 5.74) is 0.907. The van der Waals surface area contributed by atoms with Gasteiger partial charge in [-0.15, -0.1) is 10.2 Å². The highest BCUT2D eigenvalue weighted by atomic mass is 32.2. The Morgan fingerprint density at radius 3 is 3.00 bits per heavy atom. The predicted molar refractivity (Wildman–Crippen MR) is 76.0 cm³/mol. The van der Waals surface area contributed by atoms with Crippen LogP contribution in [0.2, 0.25) is 0 Å². The number of sulfonamides is 1. The summed E-state index contributed by atoms with van der Waals surface area (Å²) in [7, 11) is -3.16. The van der Waals surface area contributed by atoms with Crippen molar-refractivity contribution in [1.82, 2.24) is 14.5 Å². The molecular weight excluding hydrogens is 298 g/mol. The van der Waals surface area contributed by atoms with E-state index in [1.54, 1.807) is 11.3 Å². The van der Waals surface area contributed by atoms with Crippen molar-refractivity contribution in [3.8, 4) is 11.5 Å². The first-order chi connectivity index (χ1) is 9.54. The van der Waals surface area contributed by atoms with Crippen molar-refractivity contribution in [1.29, 1.82) is 0 Å². The second kappa shape index (κ2) is 5.27. The molecule has 0 spiro atoms. The Morgan fingerprint density at radius 1 is 1.45 bits per heavy atom. The minimum absolute atomic E-state index is 0.0154. The fourth-order valence-corrected chi connectivity index (χ4v) is 3.89. The van der Waals surface area contributed by atoms with Gasteiger partial charge in [0, 0.05) is 24.0 Å². The lowest BCUT2D eigenvalue weighted by Crippen LogP contribution is -2.38. The molecular formula is C12H15N3O3S2. The van der Waals surface area contributed by atoms with Gasteiger partial charge in [-0.3, -0.25) is 0 Å². The second-order valence-corrected chi connectivity index (χ2v) is 7.68. The van der Waals surface area contributed by atoms with Crippen molar-refractivity contribution in [2.75, 3.05) is 19.3 Å². The molecule has 3 heterocycles. The van der Waals surface area contributed by atoms with E-state index in [-0.39, 0.29) is 5.92 Å². The van der Waals surface area contributed by atoms with Gasteiger partial charge in [0.25, 0.3) is 0 Å². The lowest BCUT2D eigenvalue weighted by Gasteiger charge is -2.28. The Kier molecular flexibility index (Phi) is 3.61. The van der Waals surface area contributed by atoms with Crippen LogP contribution in [0, 0.1) is 0 Å². The third-order valence-corrected chi connectivity index (χ3v) is 5.36. The lowest BCUT2D eigenvalue weighted by molar-refractivity contribution is 0.287. The summed E-state index contributed by atoms with van der Waals surface area (Å²) >= 11 is 1.57. The number of hydrogen-bond donors (Lipinski definition) is 0. The summed E-state index contributed by atoms with van der Waals surface area (Å²) in [6.45, 7) is 0.991. The summed E-state index contributed by atoms with van der Waals surface area (Å²) in [6, 6.07) is 1.92. The highest BCUT2D eigenvalue weighted by molar-refractivity contribution is 7.88. The molecule has 0 N–H and O–H groups in total. The van der Waals surface area contributed by atoms with Crippen LogP contribution in [0.4, 0.5) is 0 Å². The third-order valence-electron chi connectivity index (χ3n) is 3.41. The van der Waals surface area contributed by atoms with Crippen LogP contribution in [0.5, 0.6) is 0 Å². The van der Waals surface area contributed by atoms with Gasteiger partial charge >= 0.3 is 0 Å². The minimum Gasteiger partial charge on any atom is -0.420 e. The highest BCUT2D eigenvalue weighted by Crippen LogP contribution is 2.29. The van der Waals surface area contributed by atoms with Crippen LogP contribution in [-0.4, -0.2) is 42.3 Å². The van der Waals surface area contributed by atoms with E-state index in [9.17, 15) is 8.42 Å². The number of nitrogens with zero attached hydrogens (tertiary/aromatic N) is 3. The summed E-state index contributed by atoms with van der Waals surface area (Å²) in [5, 5.41) is 12.0. The number of aromatic nitrogens is 2. The van der Waals surface area contributed by atoms with Gasteiger partial charge in [0.1, 0.15) is 0 Å². The number of piperidine rings is 1. The molecule has 8 heteroatoms. The molecule has 0 amide bonds. The minimum atomic E-state index is -3.16. The van der Waals surface area contributed by atoms with Crippen molar-refractivity contribution < 1.29 is 12.8 Å². The summed E-state index contributed by atoms with van der Waals surface area (Å²) in [4.78, 5) is 0. The quantitative estimate of drug-likeness (QED) is 0.865. The molecule has 6 nitrogen and oxygen atoms in total. The summed E-state index contributed by atoms with van der Waals surface area (Å²) in [5.74, 6) is 1.01. The molecule has 1 unspecified atom stereocenters. The van der Waals surface area contributed by atoms with Crippen molar-refractivity contribution >= 4 is 21.4 Å². The highest BCUT2D eigenvalue weighted by Gasteiger charge is 2.30. The molecule has 0 aliphatic carbocycles. The zero-order valence-corrected chi connectivity index (χ0v) is 12.7. The average Bonchev–Trinajstić information content (AvgIpc) is 3.09. The van der Waals surface area contributed by atoms with E-state index < -0.39 is 10.0 Å². The first-order valence-electron chi connectivity index (χ1n) is 6.35. The van der Waals surface area contributed by atoms with E-state index in [1.807, 2.05) is 16.8 Å². The van der Waals surface area contributed by atoms with Crippen LogP contribution in [0.3, 0.4) is 0 Å². The lowest BCUT2D eigenvalue weighted by atomic mass is 10.00. The first kappa shape index (κ1) is 13.7. The maximum Gasteiger partial charge on any atom is 0.248 e.